The molecular formula is C17H25NO2. The average Bonchev–Trinajstić information content (AvgIpc) is 2.49. The summed E-state index contributed by atoms with van der Waals surface area (Å²) in [6.45, 7) is 4.29. The van der Waals surface area contributed by atoms with Gasteiger partial charge in [-0.15, -0.1) is 0 Å². The molecule has 0 spiro atoms. The highest BCUT2D eigenvalue weighted by Crippen LogP contribution is 2.32. The van der Waals surface area contributed by atoms with Crippen LogP contribution in [0.5, 0.6) is 5.75 Å². The zero-order valence-electron chi connectivity index (χ0n) is 12.6. The maximum absolute atomic E-state index is 12.1. The average molecular weight is 275 g/mol. The molecule has 1 saturated carbocycles. The van der Waals surface area contributed by atoms with Crippen LogP contribution in [-0.4, -0.2) is 11.0 Å². The zero-order valence-corrected chi connectivity index (χ0v) is 12.6. The van der Waals surface area contributed by atoms with Crippen LogP contribution in [0.2, 0.25) is 0 Å². The molecule has 110 valence electrons. The first-order valence-electron chi connectivity index (χ1n) is 7.89. The van der Waals surface area contributed by atoms with Crippen LogP contribution in [0.3, 0.4) is 0 Å². The van der Waals surface area contributed by atoms with Crippen LogP contribution in [0.4, 0.5) is 0 Å². The molecule has 1 aliphatic rings. The Morgan fingerprint density at radius 3 is 2.55 bits per heavy atom. The van der Waals surface area contributed by atoms with Gasteiger partial charge in [-0.1, -0.05) is 26.7 Å². The molecule has 3 heteroatoms. The van der Waals surface area contributed by atoms with E-state index in [9.17, 15) is 4.79 Å². The van der Waals surface area contributed by atoms with Crippen LogP contribution < -0.4 is 4.74 Å². The smallest absolute Gasteiger partial charge is 0.314 e. The van der Waals surface area contributed by atoms with Gasteiger partial charge in [0.15, 0.2) is 0 Å². The number of nitrogens with zero attached hydrogens (tertiary/aromatic N) is 1. The second-order valence-corrected chi connectivity index (χ2v) is 5.77. The van der Waals surface area contributed by atoms with E-state index in [1.807, 2.05) is 12.1 Å². The van der Waals surface area contributed by atoms with Crippen LogP contribution in [0.15, 0.2) is 18.3 Å². The molecule has 0 bridgehead atoms. The number of aromatic nitrogens is 1. The lowest BCUT2D eigenvalue weighted by Crippen LogP contribution is -2.25. The van der Waals surface area contributed by atoms with Crippen molar-refractivity contribution in [2.24, 2.45) is 11.8 Å². The molecule has 0 aromatic carbocycles. The Bertz CT molecular complexity index is 419. The molecular weight excluding hydrogens is 250 g/mol. The number of aryl methyl sites for hydroxylation is 1. The molecule has 1 aromatic rings. The summed E-state index contributed by atoms with van der Waals surface area (Å²) in [5.74, 6) is 1.39. The molecule has 1 aliphatic carbocycles. The molecule has 0 N–H and O–H groups in total. The number of rotatable bonds is 5. The van der Waals surface area contributed by atoms with Gasteiger partial charge in [0.05, 0.1) is 12.1 Å². The molecule has 3 nitrogen and oxygen atoms in total. The van der Waals surface area contributed by atoms with Crippen molar-refractivity contribution in [3.63, 3.8) is 0 Å². The molecule has 0 atom stereocenters. The maximum atomic E-state index is 12.1. The standard InChI is InChI=1S/C17H25NO2/c1-3-5-13-6-8-14(9-7-13)17(19)20-16-11-10-15(4-2)18-12-16/h10-14H,3-9H2,1-2H3/t13-,14-. The van der Waals surface area contributed by atoms with Crippen LogP contribution in [0, 0.1) is 11.8 Å². The summed E-state index contributed by atoms with van der Waals surface area (Å²) in [6.07, 6.45) is 9.38. The molecule has 1 aromatic heterocycles. The Morgan fingerprint density at radius 1 is 1.25 bits per heavy atom. The predicted molar refractivity (Wildman–Crippen MR) is 79.6 cm³/mol. The van der Waals surface area contributed by atoms with Gasteiger partial charge in [-0.3, -0.25) is 9.78 Å². The largest absolute Gasteiger partial charge is 0.425 e. The number of pyridine rings is 1. The molecule has 20 heavy (non-hydrogen) atoms. The fourth-order valence-electron chi connectivity index (χ4n) is 2.97. The van der Waals surface area contributed by atoms with Crippen molar-refractivity contribution in [2.45, 2.75) is 58.8 Å². The predicted octanol–water partition coefficient (Wildman–Crippen LogP) is 4.16. The lowest BCUT2D eigenvalue weighted by atomic mass is 9.80. The Hall–Kier alpha value is -1.38. The molecule has 1 heterocycles. The van der Waals surface area contributed by atoms with Gasteiger partial charge in [-0.05, 0) is 50.2 Å². The van der Waals surface area contributed by atoms with Gasteiger partial charge in [0.25, 0.3) is 0 Å². The van der Waals surface area contributed by atoms with E-state index in [0.29, 0.717) is 5.75 Å². The van der Waals surface area contributed by atoms with Crippen molar-refractivity contribution in [2.75, 3.05) is 0 Å². The monoisotopic (exact) mass is 275 g/mol. The van der Waals surface area contributed by atoms with Crippen molar-refractivity contribution in [1.29, 1.82) is 0 Å². The highest BCUT2D eigenvalue weighted by Gasteiger charge is 2.27. The summed E-state index contributed by atoms with van der Waals surface area (Å²) in [5.41, 5.74) is 1.02. The lowest BCUT2D eigenvalue weighted by molar-refractivity contribution is -0.140. The van der Waals surface area contributed by atoms with Gasteiger partial charge in [0.2, 0.25) is 0 Å². The Labute approximate surface area is 121 Å². The summed E-state index contributed by atoms with van der Waals surface area (Å²) >= 11 is 0. The molecule has 0 radical (unpaired) electrons. The number of esters is 1. The quantitative estimate of drug-likeness (QED) is 0.758. The minimum absolute atomic E-state index is 0.0777. The molecule has 0 unspecified atom stereocenters. The first-order chi connectivity index (χ1) is 9.72. The van der Waals surface area contributed by atoms with Gasteiger partial charge in [-0.2, -0.15) is 0 Å². The number of ether oxygens (including phenoxy) is 1. The van der Waals surface area contributed by atoms with E-state index < -0.39 is 0 Å². The van der Waals surface area contributed by atoms with Crippen molar-refractivity contribution >= 4 is 5.97 Å². The molecule has 1 fully saturated rings. The van der Waals surface area contributed by atoms with E-state index in [0.717, 1.165) is 30.9 Å². The maximum Gasteiger partial charge on any atom is 0.314 e. The normalized spacial score (nSPS) is 22.5. The lowest BCUT2D eigenvalue weighted by Gasteiger charge is -2.26. The summed E-state index contributed by atoms with van der Waals surface area (Å²) < 4.78 is 5.45. The second-order valence-electron chi connectivity index (χ2n) is 5.77. The second kappa shape index (κ2) is 7.41. The van der Waals surface area contributed by atoms with Gasteiger partial charge in [0.1, 0.15) is 5.75 Å². The summed E-state index contributed by atoms with van der Waals surface area (Å²) in [4.78, 5) is 16.4. The molecule has 0 aliphatic heterocycles. The Balaban J connectivity index is 1.83. The highest BCUT2D eigenvalue weighted by molar-refractivity contribution is 5.75. The van der Waals surface area contributed by atoms with Gasteiger partial charge < -0.3 is 4.74 Å². The van der Waals surface area contributed by atoms with Crippen LogP contribution in [0.1, 0.15) is 58.1 Å². The number of carbonyl (C=O) groups is 1. The fourth-order valence-corrected chi connectivity index (χ4v) is 2.97. The summed E-state index contributed by atoms with van der Waals surface area (Å²) in [5, 5.41) is 0. The molecule has 0 saturated heterocycles. The van der Waals surface area contributed by atoms with E-state index >= 15 is 0 Å². The van der Waals surface area contributed by atoms with E-state index in [-0.39, 0.29) is 11.9 Å². The van der Waals surface area contributed by atoms with Crippen LogP contribution in [0.25, 0.3) is 0 Å². The van der Waals surface area contributed by atoms with Gasteiger partial charge in [0, 0.05) is 5.69 Å². The minimum atomic E-state index is -0.0778. The van der Waals surface area contributed by atoms with Gasteiger partial charge in [-0.25, -0.2) is 0 Å². The van der Waals surface area contributed by atoms with Crippen LogP contribution >= 0.6 is 0 Å². The summed E-state index contributed by atoms with van der Waals surface area (Å²) in [7, 11) is 0. The van der Waals surface area contributed by atoms with Crippen molar-refractivity contribution in [1.82, 2.24) is 4.98 Å². The Kier molecular flexibility index (Phi) is 5.57. The number of hydrogen-bond donors (Lipinski definition) is 0. The van der Waals surface area contributed by atoms with Gasteiger partial charge >= 0.3 is 5.97 Å². The number of hydrogen-bond acceptors (Lipinski definition) is 3. The third-order valence-electron chi connectivity index (χ3n) is 4.26. The fraction of sp³-hybridized carbons (Fsp3) is 0.647. The minimum Gasteiger partial charge on any atom is -0.425 e. The van der Waals surface area contributed by atoms with E-state index in [4.69, 9.17) is 4.74 Å². The van der Waals surface area contributed by atoms with Crippen LogP contribution in [-0.2, 0) is 11.2 Å². The van der Waals surface area contributed by atoms with E-state index in [2.05, 4.69) is 18.8 Å². The first kappa shape index (κ1) is 15.0. The van der Waals surface area contributed by atoms with E-state index in [1.54, 1.807) is 6.20 Å². The Morgan fingerprint density at radius 2 is 2.00 bits per heavy atom. The van der Waals surface area contributed by atoms with Crippen molar-refractivity contribution < 1.29 is 9.53 Å². The summed E-state index contributed by atoms with van der Waals surface area (Å²) in [6, 6.07) is 3.76. The molecule has 2 rings (SSSR count). The third-order valence-corrected chi connectivity index (χ3v) is 4.26. The topological polar surface area (TPSA) is 39.2 Å². The molecule has 0 amide bonds. The third kappa shape index (κ3) is 4.06. The SMILES string of the molecule is CCC[C@H]1CC[C@H](C(=O)Oc2ccc(CC)nc2)CC1. The zero-order chi connectivity index (χ0) is 14.4. The highest BCUT2D eigenvalue weighted by atomic mass is 16.5. The van der Waals surface area contributed by atoms with Crippen molar-refractivity contribution in [3.8, 4) is 5.75 Å². The first-order valence-corrected chi connectivity index (χ1v) is 7.89. The number of carbonyl (C=O) groups excluding carboxylic acids is 1. The van der Waals surface area contributed by atoms with Crippen molar-refractivity contribution in [3.05, 3.63) is 24.0 Å². The van der Waals surface area contributed by atoms with E-state index in [1.165, 1.54) is 25.7 Å².